The molecule has 3 aromatic heterocycles. The van der Waals surface area contributed by atoms with E-state index < -0.39 is 9.84 Å². The van der Waals surface area contributed by atoms with Crippen molar-refractivity contribution in [1.82, 2.24) is 35.2 Å². The Bertz CT molecular complexity index is 1570. The number of rotatable bonds is 13. The lowest BCUT2D eigenvalue weighted by molar-refractivity contribution is -0.113. The van der Waals surface area contributed by atoms with Crippen molar-refractivity contribution < 1.29 is 13.2 Å². The Hall–Kier alpha value is -3.71. The van der Waals surface area contributed by atoms with Gasteiger partial charge in [-0.15, -0.1) is 0 Å². The third-order valence-electron chi connectivity index (χ3n) is 7.83. The second-order valence-corrected chi connectivity index (χ2v) is 13.1. The topological polar surface area (TPSA) is 156 Å². The highest BCUT2D eigenvalue weighted by atomic mass is 32.2. The zero-order valence-corrected chi connectivity index (χ0v) is 25.3. The summed E-state index contributed by atoms with van der Waals surface area (Å²) in [7, 11) is -1.73. The van der Waals surface area contributed by atoms with Gasteiger partial charge in [0.15, 0.2) is 15.7 Å². The van der Waals surface area contributed by atoms with Crippen LogP contribution in [0.15, 0.2) is 40.9 Å². The summed E-state index contributed by atoms with van der Waals surface area (Å²) in [6, 6.07) is 1.72. The van der Waals surface area contributed by atoms with E-state index in [1.165, 1.54) is 12.4 Å². The van der Waals surface area contributed by atoms with E-state index in [1.54, 1.807) is 37.5 Å². The van der Waals surface area contributed by atoms with Crippen molar-refractivity contribution in [2.75, 3.05) is 30.8 Å². The summed E-state index contributed by atoms with van der Waals surface area (Å²) in [5.41, 5.74) is 3.02. The third kappa shape index (κ3) is 6.67. The highest BCUT2D eigenvalue weighted by molar-refractivity contribution is 7.91. The normalized spacial score (nSPS) is 16.3. The fourth-order valence-electron chi connectivity index (χ4n) is 4.92. The zero-order chi connectivity index (χ0) is 29.9. The van der Waals surface area contributed by atoms with Crippen molar-refractivity contribution in [3.63, 3.8) is 0 Å². The molecule has 3 heterocycles. The van der Waals surface area contributed by atoms with Crippen LogP contribution in [0.5, 0.6) is 0 Å². The zero-order valence-electron chi connectivity index (χ0n) is 24.5. The fraction of sp³-hybridized carbons (Fsp3) is 0.517. The predicted molar refractivity (Wildman–Crippen MR) is 159 cm³/mol. The number of aryl methyl sites for hydroxylation is 1. The van der Waals surface area contributed by atoms with E-state index in [4.69, 9.17) is 4.98 Å². The van der Waals surface area contributed by atoms with Gasteiger partial charge in [0.25, 0.3) is 5.91 Å². The summed E-state index contributed by atoms with van der Waals surface area (Å²) in [5, 5.41) is 3.26. The molecule has 222 valence electrons. The lowest BCUT2D eigenvalue weighted by Crippen LogP contribution is -2.47. The average Bonchev–Trinajstić information content (AvgIpc) is 3.91. The summed E-state index contributed by atoms with van der Waals surface area (Å²) >= 11 is 0. The molecule has 0 aromatic carbocycles. The molecule has 12 nitrogen and oxygen atoms in total. The number of carbonyl (C=O) groups is 1. The number of nitrogens with one attached hydrogen (secondary N) is 1. The number of aliphatic imine (C=N–C) groups is 1. The van der Waals surface area contributed by atoms with Crippen molar-refractivity contribution >= 4 is 27.3 Å². The van der Waals surface area contributed by atoms with E-state index in [9.17, 15) is 13.2 Å². The first kappa shape index (κ1) is 29.8. The molecule has 13 heteroatoms. The van der Waals surface area contributed by atoms with Gasteiger partial charge in [0.2, 0.25) is 0 Å². The van der Waals surface area contributed by atoms with Gasteiger partial charge in [-0.05, 0) is 51.5 Å². The number of amides is 1. The Morgan fingerprint density at radius 3 is 2.50 bits per heavy atom. The van der Waals surface area contributed by atoms with Gasteiger partial charge in [-0.2, -0.15) is 0 Å². The van der Waals surface area contributed by atoms with Crippen LogP contribution in [-0.2, 0) is 21.1 Å². The second-order valence-electron chi connectivity index (χ2n) is 10.8. The van der Waals surface area contributed by atoms with Gasteiger partial charge in [-0.3, -0.25) is 14.7 Å². The van der Waals surface area contributed by atoms with Crippen LogP contribution >= 0.6 is 0 Å². The quantitative estimate of drug-likeness (QED) is 0.232. The number of hydrogen-bond donors (Lipinski definition) is 1. The highest BCUT2D eigenvalue weighted by Crippen LogP contribution is 2.43. The first-order valence-corrected chi connectivity index (χ1v) is 16.1. The largest absolute Gasteiger partial charge is 0.311 e. The van der Waals surface area contributed by atoms with Crippen molar-refractivity contribution in [1.29, 1.82) is 0 Å². The first-order valence-electron chi connectivity index (χ1n) is 14.4. The lowest BCUT2D eigenvalue weighted by atomic mass is 10.1. The molecule has 0 unspecified atom stereocenters. The molecule has 0 spiro atoms. The molecule has 0 bridgehead atoms. The van der Waals surface area contributed by atoms with Gasteiger partial charge in [0.05, 0.1) is 22.7 Å². The van der Waals surface area contributed by atoms with Crippen molar-refractivity contribution in [3.8, 4) is 11.4 Å². The molecule has 2 fully saturated rings. The number of anilines is 1. The van der Waals surface area contributed by atoms with Crippen LogP contribution in [0.3, 0.4) is 0 Å². The van der Waals surface area contributed by atoms with Crippen LogP contribution in [0.1, 0.15) is 62.7 Å². The minimum absolute atomic E-state index is 0.00105. The molecular formula is C29H37N9O3S. The van der Waals surface area contributed by atoms with E-state index in [2.05, 4.69) is 42.2 Å². The fourth-order valence-corrected chi connectivity index (χ4v) is 5.68. The summed E-state index contributed by atoms with van der Waals surface area (Å²) in [6.07, 6.45) is 10.7. The Kier molecular flexibility index (Phi) is 8.97. The van der Waals surface area contributed by atoms with E-state index in [0.29, 0.717) is 48.0 Å². The van der Waals surface area contributed by atoms with Crippen LogP contribution in [-0.4, -0.2) is 81.9 Å². The van der Waals surface area contributed by atoms with Crippen LogP contribution < -0.4 is 10.2 Å². The van der Waals surface area contributed by atoms with Gasteiger partial charge >= 0.3 is 0 Å². The second kappa shape index (κ2) is 12.7. The number of aromatic nitrogens is 6. The molecule has 1 atom stereocenters. The predicted octanol–water partition coefficient (Wildman–Crippen LogP) is 2.74. The van der Waals surface area contributed by atoms with Crippen LogP contribution in [0.4, 0.5) is 5.82 Å². The average molecular weight is 592 g/mol. The molecule has 5 rings (SSSR count). The van der Waals surface area contributed by atoms with E-state index in [1.807, 2.05) is 6.92 Å². The number of hydrogen-bond acceptors (Lipinski definition) is 11. The van der Waals surface area contributed by atoms with E-state index in [0.717, 1.165) is 42.6 Å². The molecular weight excluding hydrogens is 554 g/mol. The van der Waals surface area contributed by atoms with Gasteiger partial charge < -0.3 is 5.32 Å². The highest BCUT2D eigenvalue weighted by Gasteiger charge is 2.37. The van der Waals surface area contributed by atoms with Gasteiger partial charge in [0.1, 0.15) is 28.6 Å². The standard InChI is InChI=1S/C29H37N9O3S/c1-5-42(40,41)22-14-33-24(34-15-22)10-12-31-16-23(30-4)29(39)38(19(3)20-6-7-20)25-11-13-32-28(37-25)26-18(2)35-17-36-27(26)21-8-9-21/h11,13-15,17,19-21,31H,5-10,12,16H2,1-4H3/t19-/m0/s1. The molecule has 2 saturated carbocycles. The van der Waals surface area contributed by atoms with Crippen molar-refractivity contribution in [2.24, 2.45) is 10.9 Å². The molecule has 0 aliphatic heterocycles. The molecule has 2 aliphatic carbocycles. The molecule has 1 N–H and O–H groups in total. The van der Waals surface area contributed by atoms with Gasteiger partial charge in [0, 0.05) is 57.1 Å². The third-order valence-corrected chi connectivity index (χ3v) is 9.52. The summed E-state index contributed by atoms with van der Waals surface area (Å²) in [5.74, 6) is 2.17. The van der Waals surface area contributed by atoms with Crippen molar-refractivity contribution in [2.45, 2.75) is 69.7 Å². The number of nitrogens with zero attached hydrogens (tertiary/aromatic N) is 8. The Balaban J connectivity index is 1.30. The van der Waals surface area contributed by atoms with Crippen LogP contribution in [0.25, 0.3) is 11.4 Å². The maximum absolute atomic E-state index is 14.0. The smallest absolute Gasteiger partial charge is 0.274 e. The van der Waals surface area contributed by atoms with E-state index in [-0.39, 0.29) is 29.1 Å². The first-order chi connectivity index (χ1) is 20.2. The number of carbonyl (C=O) groups excluding carboxylic acids is 1. The summed E-state index contributed by atoms with van der Waals surface area (Å²) in [6.45, 7) is 6.32. The van der Waals surface area contributed by atoms with Crippen LogP contribution in [0.2, 0.25) is 0 Å². The Morgan fingerprint density at radius 2 is 1.86 bits per heavy atom. The Morgan fingerprint density at radius 1 is 1.12 bits per heavy atom. The molecule has 42 heavy (non-hydrogen) atoms. The monoisotopic (exact) mass is 591 g/mol. The minimum Gasteiger partial charge on any atom is -0.311 e. The lowest BCUT2D eigenvalue weighted by Gasteiger charge is -2.29. The molecule has 0 saturated heterocycles. The SMILES string of the molecule is CCS(=O)(=O)c1cnc(CCNCC(=NC)C(=O)N(c2ccnc(-c3c(C)ncnc3C3CC3)n2)[C@@H](C)C2CC2)nc1. The molecule has 3 aromatic rings. The molecule has 1 amide bonds. The van der Waals surface area contributed by atoms with Crippen LogP contribution in [0, 0.1) is 12.8 Å². The van der Waals surface area contributed by atoms with Crippen molar-refractivity contribution in [3.05, 3.63) is 48.2 Å². The maximum Gasteiger partial charge on any atom is 0.274 e. The number of sulfone groups is 1. The summed E-state index contributed by atoms with van der Waals surface area (Å²) in [4.78, 5) is 46.9. The molecule has 0 radical (unpaired) electrons. The van der Waals surface area contributed by atoms with Gasteiger partial charge in [-0.1, -0.05) is 6.92 Å². The van der Waals surface area contributed by atoms with E-state index >= 15 is 0 Å². The molecule has 2 aliphatic rings. The van der Waals surface area contributed by atoms with Gasteiger partial charge in [-0.25, -0.2) is 38.3 Å². The maximum atomic E-state index is 14.0. The Labute approximate surface area is 246 Å². The minimum atomic E-state index is -3.34. The summed E-state index contributed by atoms with van der Waals surface area (Å²) < 4.78 is 24.0.